The van der Waals surface area contributed by atoms with E-state index in [-0.39, 0.29) is 11.8 Å². The predicted octanol–water partition coefficient (Wildman–Crippen LogP) is 2.09. The second kappa shape index (κ2) is 4.38. The van der Waals surface area contributed by atoms with Crippen molar-refractivity contribution in [3.8, 4) is 0 Å². The predicted molar refractivity (Wildman–Crippen MR) is 58.8 cm³/mol. The third-order valence-corrected chi connectivity index (χ3v) is 2.47. The summed E-state index contributed by atoms with van der Waals surface area (Å²) < 4.78 is 0. The van der Waals surface area contributed by atoms with E-state index < -0.39 is 0 Å². The van der Waals surface area contributed by atoms with Gasteiger partial charge in [-0.3, -0.25) is 4.79 Å². The van der Waals surface area contributed by atoms with Gasteiger partial charge in [-0.15, -0.1) is 0 Å². The Morgan fingerprint density at radius 2 is 2.00 bits per heavy atom. The lowest BCUT2D eigenvalue weighted by atomic mass is 9.99. The van der Waals surface area contributed by atoms with Crippen molar-refractivity contribution in [2.24, 2.45) is 0 Å². The van der Waals surface area contributed by atoms with Crippen LogP contribution in [0.25, 0.3) is 0 Å². The van der Waals surface area contributed by atoms with Crippen molar-refractivity contribution in [1.29, 1.82) is 0 Å². The van der Waals surface area contributed by atoms with Crippen molar-refractivity contribution in [3.05, 3.63) is 34.9 Å². The average molecular weight is 191 g/mol. The monoisotopic (exact) mass is 191 g/mol. The Morgan fingerprint density at radius 3 is 2.50 bits per heavy atom. The normalized spacial score (nSPS) is 12.6. The SMILES string of the molecule is CN[C@@H](C)C(=O)c1ccc(C)cc1C. The van der Waals surface area contributed by atoms with Crippen molar-refractivity contribution in [2.45, 2.75) is 26.8 Å². The van der Waals surface area contributed by atoms with E-state index in [9.17, 15) is 4.79 Å². The van der Waals surface area contributed by atoms with Gasteiger partial charge in [0.15, 0.2) is 5.78 Å². The van der Waals surface area contributed by atoms with Crippen LogP contribution >= 0.6 is 0 Å². The number of carbonyl (C=O) groups is 1. The first-order valence-electron chi connectivity index (χ1n) is 4.85. The first kappa shape index (κ1) is 10.9. The molecule has 0 radical (unpaired) electrons. The first-order valence-corrected chi connectivity index (χ1v) is 4.85. The quantitative estimate of drug-likeness (QED) is 0.741. The van der Waals surface area contributed by atoms with Crippen molar-refractivity contribution >= 4 is 5.78 Å². The largest absolute Gasteiger partial charge is 0.310 e. The van der Waals surface area contributed by atoms with Gasteiger partial charge in [0.25, 0.3) is 0 Å². The number of aryl methyl sites for hydroxylation is 2. The van der Waals surface area contributed by atoms with E-state index in [1.165, 1.54) is 5.56 Å². The lowest BCUT2D eigenvalue weighted by Gasteiger charge is -2.11. The second-order valence-corrected chi connectivity index (χ2v) is 3.69. The maximum atomic E-state index is 11.8. The van der Waals surface area contributed by atoms with Crippen LogP contribution in [0.4, 0.5) is 0 Å². The molecule has 14 heavy (non-hydrogen) atoms. The van der Waals surface area contributed by atoms with E-state index in [2.05, 4.69) is 5.32 Å². The summed E-state index contributed by atoms with van der Waals surface area (Å²) in [5, 5.41) is 2.96. The van der Waals surface area contributed by atoms with E-state index in [0.29, 0.717) is 0 Å². The molecular weight excluding hydrogens is 174 g/mol. The zero-order valence-electron chi connectivity index (χ0n) is 9.22. The fraction of sp³-hybridized carbons (Fsp3) is 0.417. The van der Waals surface area contributed by atoms with Crippen LogP contribution in [0, 0.1) is 13.8 Å². The summed E-state index contributed by atoms with van der Waals surface area (Å²) in [6, 6.07) is 5.80. The minimum Gasteiger partial charge on any atom is -0.310 e. The molecule has 0 aliphatic carbocycles. The Morgan fingerprint density at radius 1 is 1.36 bits per heavy atom. The van der Waals surface area contributed by atoms with Gasteiger partial charge in [-0.05, 0) is 33.4 Å². The summed E-state index contributed by atoms with van der Waals surface area (Å²) in [5.74, 6) is 0.157. The van der Waals surface area contributed by atoms with Gasteiger partial charge >= 0.3 is 0 Å². The number of hydrogen-bond donors (Lipinski definition) is 1. The summed E-state index contributed by atoms with van der Waals surface area (Å²) in [4.78, 5) is 11.8. The van der Waals surface area contributed by atoms with Crippen LogP contribution in [0.1, 0.15) is 28.4 Å². The number of likely N-dealkylation sites (N-methyl/N-ethyl adjacent to an activating group) is 1. The molecule has 1 aromatic carbocycles. The molecule has 0 saturated heterocycles. The van der Waals surface area contributed by atoms with E-state index in [1.807, 2.05) is 39.0 Å². The van der Waals surface area contributed by atoms with Crippen molar-refractivity contribution in [2.75, 3.05) is 7.05 Å². The maximum absolute atomic E-state index is 11.8. The molecule has 1 aromatic rings. The molecule has 0 bridgehead atoms. The van der Waals surface area contributed by atoms with Gasteiger partial charge < -0.3 is 5.32 Å². The molecule has 2 heteroatoms. The molecule has 0 amide bonds. The van der Waals surface area contributed by atoms with Crippen molar-refractivity contribution in [3.63, 3.8) is 0 Å². The Kier molecular flexibility index (Phi) is 3.42. The lowest BCUT2D eigenvalue weighted by Crippen LogP contribution is -2.31. The van der Waals surface area contributed by atoms with Gasteiger partial charge in [0.05, 0.1) is 6.04 Å². The van der Waals surface area contributed by atoms with Crippen LogP contribution in [-0.4, -0.2) is 18.9 Å². The average Bonchev–Trinajstić information content (AvgIpc) is 2.15. The number of hydrogen-bond acceptors (Lipinski definition) is 2. The number of carbonyl (C=O) groups excluding carboxylic acids is 1. The number of rotatable bonds is 3. The fourth-order valence-electron chi connectivity index (χ4n) is 1.45. The fourth-order valence-corrected chi connectivity index (χ4v) is 1.45. The number of nitrogens with one attached hydrogen (secondary N) is 1. The van der Waals surface area contributed by atoms with Gasteiger partial charge in [-0.25, -0.2) is 0 Å². The lowest BCUT2D eigenvalue weighted by molar-refractivity contribution is 0.0954. The minimum absolute atomic E-state index is 0.114. The highest BCUT2D eigenvalue weighted by Crippen LogP contribution is 2.12. The summed E-state index contributed by atoms with van der Waals surface area (Å²) in [7, 11) is 1.80. The van der Waals surface area contributed by atoms with Crippen LogP contribution in [0.15, 0.2) is 18.2 Å². The molecule has 2 nitrogen and oxygen atoms in total. The highest BCUT2D eigenvalue weighted by atomic mass is 16.1. The summed E-state index contributed by atoms with van der Waals surface area (Å²) >= 11 is 0. The Hall–Kier alpha value is -1.15. The highest BCUT2D eigenvalue weighted by molar-refractivity contribution is 6.01. The Labute approximate surface area is 85.3 Å². The number of benzene rings is 1. The molecule has 0 spiro atoms. The molecular formula is C12H17NO. The Bertz CT molecular complexity index is 344. The van der Waals surface area contributed by atoms with Crippen LogP contribution in [0.3, 0.4) is 0 Å². The van der Waals surface area contributed by atoms with E-state index in [0.717, 1.165) is 11.1 Å². The van der Waals surface area contributed by atoms with Gasteiger partial charge in [0, 0.05) is 5.56 Å². The van der Waals surface area contributed by atoms with Crippen LogP contribution in [0.5, 0.6) is 0 Å². The summed E-state index contributed by atoms with van der Waals surface area (Å²) in [6.45, 7) is 5.88. The van der Waals surface area contributed by atoms with Gasteiger partial charge in [0.2, 0.25) is 0 Å². The Balaban J connectivity index is 3.02. The molecule has 0 fully saturated rings. The van der Waals surface area contributed by atoms with Crippen LogP contribution < -0.4 is 5.32 Å². The summed E-state index contributed by atoms with van der Waals surface area (Å²) in [6.07, 6.45) is 0. The number of Topliss-reactive ketones (excluding diaryl/α,β-unsaturated/α-hetero) is 1. The molecule has 0 aliphatic rings. The smallest absolute Gasteiger partial charge is 0.179 e. The van der Waals surface area contributed by atoms with Crippen LogP contribution in [0.2, 0.25) is 0 Å². The standard InChI is InChI=1S/C12H17NO/c1-8-5-6-11(9(2)7-8)12(14)10(3)13-4/h5-7,10,13H,1-4H3/t10-/m0/s1. The maximum Gasteiger partial charge on any atom is 0.179 e. The first-order chi connectivity index (χ1) is 6.56. The third-order valence-electron chi connectivity index (χ3n) is 2.47. The second-order valence-electron chi connectivity index (χ2n) is 3.69. The van der Waals surface area contributed by atoms with E-state index >= 15 is 0 Å². The molecule has 76 valence electrons. The molecule has 0 heterocycles. The molecule has 0 saturated carbocycles. The zero-order chi connectivity index (χ0) is 10.7. The molecule has 0 unspecified atom stereocenters. The van der Waals surface area contributed by atoms with E-state index in [1.54, 1.807) is 7.05 Å². The van der Waals surface area contributed by atoms with Gasteiger partial charge in [-0.1, -0.05) is 23.8 Å². The van der Waals surface area contributed by atoms with Gasteiger partial charge in [-0.2, -0.15) is 0 Å². The summed E-state index contributed by atoms with van der Waals surface area (Å²) in [5.41, 5.74) is 3.06. The molecule has 1 N–H and O–H groups in total. The highest BCUT2D eigenvalue weighted by Gasteiger charge is 2.14. The van der Waals surface area contributed by atoms with Crippen molar-refractivity contribution < 1.29 is 4.79 Å². The van der Waals surface area contributed by atoms with E-state index in [4.69, 9.17) is 0 Å². The molecule has 0 aromatic heterocycles. The molecule has 1 rings (SSSR count). The van der Waals surface area contributed by atoms with Gasteiger partial charge in [0.1, 0.15) is 0 Å². The number of ketones is 1. The molecule has 0 aliphatic heterocycles. The van der Waals surface area contributed by atoms with Crippen molar-refractivity contribution in [1.82, 2.24) is 5.32 Å². The topological polar surface area (TPSA) is 29.1 Å². The molecule has 1 atom stereocenters. The zero-order valence-corrected chi connectivity index (χ0v) is 9.22. The van der Waals surface area contributed by atoms with Crippen LogP contribution in [-0.2, 0) is 0 Å². The third kappa shape index (κ3) is 2.20. The minimum atomic E-state index is -0.114.